The van der Waals surface area contributed by atoms with Crippen molar-refractivity contribution in [2.75, 3.05) is 33.9 Å². The average molecular weight is 384 g/mol. The van der Waals surface area contributed by atoms with E-state index in [9.17, 15) is 4.79 Å². The molecule has 0 radical (unpaired) electrons. The molecule has 0 aromatic heterocycles. The number of nitrogens with one attached hydrogen (secondary N) is 1. The predicted octanol–water partition coefficient (Wildman–Crippen LogP) is 3.77. The number of ether oxygens (including phenoxy) is 3. The Labute approximate surface area is 166 Å². The SMILES string of the molecule is COc1ccc(C(CNC(=O)OCc2ccccc2)N2CCCC2)cc1OC. The van der Waals surface area contributed by atoms with Crippen LogP contribution in [0.5, 0.6) is 11.5 Å². The highest BCUT2D eigenvalue weighted by Crippen LogP contribution is 2.33. The van der Waals surface area contributed by atoms with Crippen LogP contribution in [0.3, 0.4) is 0 Å². The van der Waals surface area contributed by atoms with Gasteiger partial charge in [0.2, 0.25) is 0 Å². The van der Waals surface area contributed by atoms with Gasteiger partial charge in [0, 0.05) is 6.54 Å². The Morgan fingerprint density at radius 1 is 1.04 bits per heavy atom. The number of hydrogen-bond donors (Lipinski definition) is 1. The topological polar surface area (TPSA) is 60.0 Å². The average Bonchev–Trinajstić information content (AvgIpc) is 3.27. The zero-order valence-electron chi connectivity index (χ0n) is 16.5. The molecule has 1 heterocycles. The number of likely N-dealkylation sites (tertiary alicyclic amines) is 1. The number of methoxy groups -OCH3 is 2. The van der Waals surface area contributed by atoms with Gasteiger partial charge in [0.25, 0.3) is 0 Å². The van der Waals surface area contributed by atoms with Crippen LogP contribution in [0.1, 0.15) is 30.0 Å². The highest BCUT2D eigenvalue weighted by Gasteiger charge is 2.25. The van der Waals surface area contributed by atoms with Gasteiger partial charge < -0.3 is 19.5 Å². The summed E-state index contributed by atoms with van der Waals surface area (Å²) < 4.78 is 16.1. The van der Waals surface area contributed by atoms with Gasteiger partial charge in [-0.2, -0.15) is 0 Å². The van der Waals surface area contributed by atoms with Crippen molar-refractivity contribution in [1.29, 1.82) is 0 Å². The molecule has 1 unspecified atom stereocenters. The van der Waals surface area contributed by atoms with Crippen molar-refractivity contribution in [1.82, 2.24) is 10.2 Å². The lowest BCUT2D eigenvalue weighted by atomic mass is 10.0. The van der Waals surface area contributed by atoms with Gasteiger partial charge in [-0.15, -0.1) is 0 Å². The first-order valence-corrected chi connectivity index (χ1v) is 9.62. The van der Waals surface area contributed by atoms with E-state index in [1.165, 1.54) is 12.8 Å². The van der Waals surface area contributed by atoms with E-state index in [1.807, 2.05) is 48.5 Å². The molecule has 1 N–H and O–H groups in total. The third kappa shape index (κ3) is 5.16. The van der Waals surface area contributed by atoms with E-state index in [4.69, 9.17) is 14.2 Å². The summed E-state index contributed by atoms with van der Waals surface area (Å²) in [7, 11) is 3.26. The smallest absolute Gasteiger partial charge is 0.407 e. The summed E-state index contributed by atoms with van der Waals surface area (Å²) in [5.74, 6) is 1.39. The van der Waals surface area contributed by atoms with Crippen LogP contribution in [0.2, 0.25) is 0 Å². The number of rotatable bonds is 8. The molecule has 1 saturated heterocycles. The molecule has 1 aliphatic heterocycles. The Morgan fingerprint density at radius 3 is 2.43 bits per heavy atom. The predicted molar refractivity (Wildman–Crippen MR) is 108 cm³/mol. The quantitative estimate of drug-likeness (QED) is 0.751. The molecular formula is C22H28N2O4. The van der Waals surface area contributed by atoms with Gasteiger partial charge in [0.15, 0.2) is 11.5 Å². The fraction of sp³-hybridized carbons (Fsp3) is 0.409. The van der Waals surface area contributed by atoms with Crippen molar-refractivity contribution in [3.8, 4) is 11.5 Å². The van der Waals surface area contributed by atoms with Gasteiger partial charge in [-0.3, -0.25) is 4.90 Å². The Bertz CT molecular complexity index is 760. The van der Waals surface area contributed by atoms with Crippen LogP contribution in [0.25, 0.3) is 0 Å². The minimum absolute atomic E-state index is 0.0616. The fourth-order valence-corrected chi connectivity index (χ4v) is 3.53. The van der Waals surface area contributed by atoms with Crippen molar-refractivity contribution in [2.45, 2.75) is 25.5 Å². The summed E-state index contributed by atoms with van der Waals surface area (Å²) in [5, 5.41) is 2.92. The number of alkyl carbamates (subject to hydrolysis) is 1. The first kappa shape index (κ1) is 20.0. The minimum atomic E-state index is -0.409. The highest BCUT2D eigenvalue weighted by molar-refractivity contribution is 5.67. The molecule has 1 fully saturated rings. The van der Waals surface area contributed by atoms with E-state index in [-0.39, 0.29) is 12.6 Å². The molecule has 0 spiro atoms. The summed E-state index contributed by atoms with van der Waals surface area (Å²) in [4.78, 5) is 14.6. The zero-order chi connectivity index (χ0) is 19.8. The van der Waals surface area contributed by atoms with Crippen molar-refractivity contribution < 1.29 is 19.0 Å². The molecule has 2 aromatic rings. The lowest BCUT2D eigenvalue weighted by molar-refractivity contribution is 0.134. The molecule has 0 aliphatic carbocycles. The molecule has 1 aliphatic rings. The molecular weight excluding hydrogens is 356 g/mol. The number of hydrogen-bond acceptors (Lipinski definition) is 5. The Morgan fingerprint density at radius 2 is 1.75 bits per heavy atom. The van der Waals surface area contributed by atoms with Gasteiger partial charge in [-0.1, -0.05) is 36.4 Å². The summed E-state index contributed by atoms with van der Waals surface area (Å²) in [5.41, 5.74) is 2.05. The number of nitrogens with zero attached hydrogens (tertiary/aromatic N) is 1. The zero-order valence-corrected chi connectivity index (χ0v) is 16.5. The standard InChI is InChI=1S/C22H28N2O4/c1-26-20-11-10-18(14-21(20)27-2)19(24-12-6-7-13-24)15-23-22(25)28-16-17-8-4-3-5-9-17/h3-5,8-11,14,19H,6-7,12-13,15-16H2,1-2H3,(H,23,25). The van der Waals surface area contributed by atoms with E-state index >= 15 is 0 Å². The van der Waals surface area contributed by atoms with Crippen LogP contribution >= 0.6 is 0 Å². The Kier molecular flexibility index (Phi) is 7.14. The lowest BCUT2D eigenvalue weighted by Gasteiger charge is -2.28. The molecule has 1 atom stereocenters. The van der Waals surface area contributed by atoms with Crippen LogP contribution in [-0.4, -0.2) is 44.8 Å². The van der Waals surface area contributed by atoms with Crippen LogP contribution in [-0.2, 0) is 11.3 Å². The molecule has 6 heteroatoms. The maximum absolute atomic E-state index is 12.2. The molecule has 1 amide bonds. The van der Waals surface area contributed by atoms with Gasteiger partial charge in [0.1, 0.15) is 6.61 Å². The van der Waals surface area contributed by atoms with Crippen molar-refractivity contribution in [2.24, 2.45) is 0 Å². The number of carbonyl (C=O) groups excluding carboxylic acids is 1. The Balaban J connectivity index is 1.64. The van der Waals surface area contributed by atoms with Gasteiger partial charge in [-0.05, 0) is 49.2 Å². The first-order chi connectivity index (χ1) is 13.7. The number of benzene rings is 2. The lowest BCUT2D eigenvalue weighted by Crippen LogP contribution is -2.37. The van der Waals surface area contributed by atoms with Crippen LogP contribution in [0.15, 0.2) is 48.5 Å². The summed E-state index contributed by atoms with van der Waals surface area (Å²) in [6.07, 6.45) is 1.93. The van der Waals surface area contributed by atoms with Gasteiger partial charge in [-0.25, -0.2) is 4.79 Å². The van der Waals surface area contributed by atoms with Crippen LogP contribution in [0, 0.1) is 0 Å². The maximum Gasteiger partial charge on any atom is 0.407 e. The molecule has 0 bridgehead atoms. The van der Waals surface area contributed by atoms with Crippen LogP contribution in [0.4, 0.5) is 4.79 Å². The molecule has 150 valence electrons. The largest absolute Gasteiger partial charge is 0.493 e. The molecule has 28 heavy (non-hydrogen) atoms. The fourth-order valence-electron chi connectivity index (χ4n) is 3.53. The maximum atomic E-state index is 12.2. The summed E-state index contributed by atoms with van der Waals surface area (Å²) in [6, 6.07) is 15.6. The van der Waals surface area contributed by atoms with Crippen LogP contribution < -0.4 is 14.8 Å². The van der Waals surface area contributed by atoms with Crippen molar-refractivity contribution in [3.05, 3.63) is 59.7 Å². The van der Waals surface area contributed by atoms with Crippen molar-refractivity contribution >= 4 is 6.09 Å². The third-order valence-corrected chi connectivity index (χ3v) is 5.03. The second-order valence-corrected chi connectivity index (χ2v) is 6.82. The second kappa shape index (κ2) is 9.99. The molecule has 0 saturated carbocycles. The monoisotopic (exact) mass is 384 g/mol. The third-order valence-electron chi connectivity index (χ3n) is 5.03. The van der Waals surface area contributed by atoms with Gasteiger partial charge in [0.05, 0.1) is 20.3 Å². The summed E-state index contributed by atoms with van der Waals surface area (Å²) in [6.45, 7) is 2.76. The van der Waals surface area contributed by atoms with Crippen molar-refractivity contribution in [3.63, 3.8) is 0 Å². The Hall–Kier alpha value is -2.73. The second-order valence-electron chi connectivity index (χ2n) is 6.82. The molecule has 2 aromatic carbocycles. The van der Waals surface area contributed by atoms with E-state index in [0.29, 0.717) is 18.0 Å². The van der Waals surface area contributed by atoms with E-state index in [0.717, 1.165) is 24.2 Å². The number of amides is 1. The van der Waals surface area contributed by atoms with Gasteiger partial charge >= 0.3 is 6.09 Å². The van der Waals surface area contributed by atoms with E-state index in [1.54, 1.807) is 14.2 Å². The first-order valence-electron chi connectivity index (χ1n) is 9.62. The minimum Gasteiger partial charge on any atom is -0.493 e. The molecule has 3 rings (SSSR count). The molecule has 6 nitrogen and oxygen atoms in total. The summed E-state index contributed by atoms with van der Waals surface area (Å²) >= 11 is 0. The number of carbonyl (C=O) groups is 1. The van der Waals surface area contributed by atoms with E-state index < -0.39 is 6.09 Å². The normalized spacial score (nSPS) is 15.1. The highest BCUT2D eigenvalue weighted by atomic mass is 16.5. The van der Waals surface area contributed by atoms with E-state index in [2.05, 4.69) is 10.2 Å².